The van der Waals surface area contributed by atoms with Crippen LogP contribution in [0.5, 0.6) is 0 Å². The van der Waals surface area contributed by atoms with E-state index in [2.05, 4.69) is 10.6 Å². The predicted octanol–water partition coefficient (Wildman–Crippen LogP) is -0.0940. The van der Waals surface area contributed by atoms with Gasteiger partial charge in [0.25, 0.3) is 5.91 Å². The predicted molar refractivity (Wildman–Crippen MR) is 46.5 cm³/mol. The van der Waals surface area contributed by atoms with E-state index in [1.54, 1.807) is 0 Å². The normalized spacial score (nSPS) is 45.4. The molecule has 0 aliphatic carbocycles. The summed E-state index contributed by atoms with van der Waals surface area (Å²) in [5.41, 5.74) is -0.666. The molecule has 2 bridgehead atoms. The van der Waals surface area contributed by atoms with Crippen LogP contribution in [0.3, 0.4) is 0 Å². The fourth-order valence-electron chi connectivity index (χ4n) is 2.76. The van der Waals surface area contributed by atoms with Crippen LogP contribution in [0.4, 0.5) is 4.79 Å². The van der Waals surface area contributed by atoms with Gasteiger partial charge in [0.05, 0.1) is 12.2 Å². The van der Waals surface area contributed by atoms with Crippen LogP contribution in [0.25, 0.3) is 0 Å². The molecule has 2 unspecified atom stereocenters. The summed E-state index contributed by atoms with van der Waals surface area (Å²) in [6, 6.07) is -0.365. The lowest BCUT2D eigenvalue weighted by Crippen LogP contribution is -2.53. The molecular formula is C9H12N2O3. The Morgan fingerprint density at radius 2 is 1.86 bits per heavy atom. The number of ether oxygens (including phenoxy) is 1. The summed E-state index contributed by atoms with van der Waals surface area (Å²) >= 11 is 0. The summed E-state index contributed by atoms with van der Waals surface area (Å²) < 4.78 is 5.64. The first-order valence-corrected chi connectivity index (χ1v) is 4.97. The topological polar surface area (TPSA) is 67.4 Å². The molecule has 2 N–H and O–H groups in total. The van der Waals surface area contributed by atoms with Gasteiger partial charge in [-0.3, -0.25) is 10.1 Å². The molecule has 76 valence electrons. The van der Waals surface area contributed by atoms with Gasteiger partial charge in [-0.15, -0.1) is 0 Å². The summed E-state index contributed by atoms with van der Waals surface area (Å²) in [5.74, 6) is -0.178. The quantitative estimate of drug-likeness (QED) is 0.532. The number of carbonyl (C=O) groups excluding carboxylic acids is 2. The first kappa shape index (κ1) is 8.23. The van der Waals surface area contributed by atoms with Gasteiger partial charge in [0.15, 0.2) is 0 Å². The fourth-order valence-corrected chi connectivity index (χ4v) is 2.76. The zero-order valence-electron chi connectivity index (χ0n) is 7.71. The number of urea groups is 1. The van der Waals surface area contributed by atoms with Crippen molar-refractivity contribution in [2.45, 2.75) is 43.4 Å². The van der Waals surface area contributed by atoms with E-state index in [4.69, 9.17) is 4.74 Å². The Labute approximate surface area is 81.2 Å². The fraction of sp³-hybridized carbons (Fsp3) is 0.778. The summed E-state index contributed by atoms with van der Waals surface area (Å²) in [6.07, 6.45) is 3.57. The van der Waals surface area contributed by atoms with E-state index in [1.165, 1.54) is 0 Å². The molecule has 1 spiro atoms. The number of amides is 3. The second-order valence-corrected chi connectivity index (χ2v) is 4.36. The van der Waals surface area contributed by atoms with Crippen molar-refractivity contribution in [3.05, 3.63) is 0 Å². The summed E-state index contributed by atoms with van der Waals surface area (Å²) in [7, 11) is 0. The molecule has 2 atom stereocenters. The lowest BCUT2D eigenvalue weighted by molar-refractivity contribution is -0.130. The Hall–Kier alpha value is -1.10. The summed E-state index contributed by atoms with van der Waals surface area (Å²) in [4.78, 5) is 22.7. The van der Waals surface area contributed by atoms with Crippen molar-refractivity contribution in [2.75, 3.05) is 0 Å². The third-order valence-electron chi connectivity index (χ3n) is 3.36. The van der Waals surface area contributed by atoms with Crippen LogP contribution in [0.2, 0.25) is 0 Å². The SMILES string of the molecule is O=C1NC(=O)C2(CC3CCC(C2)O3)N1. The largest absolute Gasteiger partial charge is 0.375 e. The Balaban J connectivity index is 1.90. The lowest BCUT2D eigenvalue weighted by atomic mass is 9.87. The van der Waals surface area contributed by atoms with Crippen molar-refractivity contribution in [3.63, 3.8) is 0 Å². The van der Waals surface area contributed by atoms with Crippen LogP contribution in [-0.4, -0.2) is 29.7 Å². The van der Waals surface area contributed by atoms with E-state index in [-0.39, 0.29) is 24.1 Å². The van der Waals surface area contributed by atoms with Crippen LogP contribution in [0, 0.1) is 0 Å². The van der Waals surface area contributed by atoms with Gasteiger partial charge >= 0.3 is 6.03 Å². The molecule has 3 aliphatic rings. The molecule has 5 nitrogen and oxygen atoms in total. The minimum atomic E-state index is -0.666. The molecule has 0 saturated carbocycles. The van der Waals surface area contributed by atoms with Crippen molar-refractivity contribution >= 4 is 11.9 Å². The van der Waals surface area contributed by atoms with Crippen LogP contribution in [0.15, 0.2) is 0 Å². The number of hydrogen-bond donors (Lipinski definition) is 2. The van der Waals surface area contributed by atoms with Crippen LogP contribution in [0.1, 0.15) is 25.7 Å². The van der Waals surface area contributed by atoms with Gasteiger partial charge in [-0.1, -0.05) is 0 Å². The average Bonchev–Trinajstić information content (AvgIpc) is 2.56. The number of hydrogen-bond acceptors (Lipinski definition) is 3. The summed E-state index contributed by atoms with van der Waals surface area (Å²) in [6.45, 7) is 0. The minimum absolute atomic E-state index is 0.151. The third kappa shape index (κ3) is 0.987. The van der Waals surface area contributed by atoms with E-state index in [9.17, 15) is 9.59 Å². The molecule has 3 heterocycles. The second kappa shape index (κ2) is 2.48. The second-order valence-electron chi connectivity index (χ2n) is 4.36. The third-order valence-corrected chi connectivity index (χ3v) is 3.36. The highest BCUT2D eigenvalue weighted by Gasteiger charge is 2.53. The van der Waals surface area contributed by atoms with Crippen LogP contribution < -0.4 is 10.6 Å². The monoisotopic (exact) mass is 196 g/mol. The zero-order chi connectivity index (χ0) is 9.76. The Morgan fingerprint density at radius 3 is 2.36 bits per heavy atom. The highest BCUT2D eigenvalue weighted by atomic mass is 16.5. The molecule has 14 heavy (non-hydrogen) atoms. The molecule has 3 rings (SSSR count). The Morgan fingerprint density at radius 1 is 1.21 bits per heavy atom. The number of imide groups is 1. The first-order valence-electron chi connectivity index (χ1n) is 4.97. The molecule has 3 saturated heterocycles. The molecule has 0 aromatic rings. The van der Waals surface area contributed by atoms with Crippen molar-refractivity contribution in [3.8, 4) is 0 Å². The molecule has 3 fully saturated rings. The highest BCUT2D eigenvalue weighted by Crippen LogP contribution is 2.39. The molecule has 0 aromatic carbocycles. The van der Waals surface area contributed by atoms with E-state index in [0.29, 0.717) is 12.8 Å². The molecule has 0 aromatic heterocycles. The zero-order valence-corrected chi connectivity index (χ0v) is 7.71. The smallest absolute Gasteiger partial charge is 0.322 e. The number of rotatable bonds is 0. The minimum Gasteiger partial charge on any atom is -0.375 e. The van der Waals surface area contributed by atoms with Gasteiger partial charge in [-0.2, -0.15) is 0 Å². The van der Waals surface area contributed by atoms with E-state index in [0.717, 1.165) is 12.8 Å². The molecule has 0 radical (unpaired) electrons. The number of nitrogens with one attached hydrogen (secondary N) is 2. The van der Waals surface area contributed by atoms with Gasteiger partial charge in [0, 0.05) is 12.8 Å². The first-order chi connectivity index (χ1) is 6.68. The maximum absolute atomic E-state index is 11.6. The van der Waals surface area contributed by atoms with Gasteiger partial charge in [0.1, 0.15) is 5.54 Å². The number of fused-ring (bicyclic) bond motifs is 2. The van der Waals surface area contributed by atoms with Gasteiger partial charge in [-0.05, 0) is 12.8 Å². The molecule has 3 aliphatic heterocycles. The van der Waals surface area contributed by atoms with Gasteiger partial charge in [0.2, 0.25) is 0 Å². The van der Waals surface area contributed by atoms with E-state index < -0.39 is 5.54 Å². The summed E-state index contributed by atoms with van der Waals surface area (Å²) in [5, 5.41) is 5.04. The average molecular weight is 196 g/mol. The van der Waals surface area contributed by atoms with Crippen molar-refractivity contribution in [1.82, 2.24) is 10.6 Å². The Bertz CT molecular complexity index is 303. The maximum atomic E-state index is 11.6. The van der Waals surface area contributed by atoms with Crippen molar-refractivity contribution < 1.29 is 14.3 Å². The molecule has 5 heteroatoms. The molecule has 3 amide bonds. The van der Waals surface area contributed by atoms with Crippen LogP contribution in [-0.2, 0) is 9.53 Å². The van der Waals surface area contributed by atoms with Crippen molar-refractivity contribution in [1.29, 1.82) is 0 Å². The van der Waals surface area contributed by atoms with Gasteiger partial charge < -0.3 is 10.1 Å². The number of carbonyl (C=O) groups is 2. The van der Waals surface area contributed by atoms with Crippen LogP contribution >= 0.6 is 0 Å². The Kier molecular flexibility index (Phi) is 1.45. The van der Waals surface area contributed by atoms with E-state index in [1.807, 2.05) is 0 Å². The molecular weight excluding hydrogens is 184 g/mol. The van der Waals surface area contributed by atoms with Crippen molar-refractivity contribution in [2.24, 2.45) is 0 Å². The van der Waals surface area contributed by atoms with Gasteiger partial charge in [-0.25, -0.2) is 4.79 Å². The standard InChI is InChI=1S/C9H12N2O3/c12-7-9(11-8(13)10-7)3-5-1-2-6(4-9)14-5/h5-6H,1-4H2,(H2,10,11,12,13). The van der Waals surface area contributed by atoms with E-state index >= 15 is 0 Å². The highest BCUT2D eigenvalue weighted by molar-refractivity contribution is 6.07. The lowest BCUT2D eigenvalue weighted by Gasteiger charge is -2.34. The maximum Gasteiger partial charge on any atom is 0.322 e.